The zero-order chi connectivity index (χ0) is 14.8. The van der Waals surface area contributed by atoms with Crippen LogP contribution in [0.4, 0.5) is 5.00 Å². The van der Waals surface area contributed by atoms with Gasteiger partial charge in [0, 0.05) is 30.0 Å². The largest absolute Gasteiger partial charge is 0.317 e. The molecule has 5 heteroatoms. The van der Waals surface area contributed by atoms with Gasteiger partial charge in [-0.3, -0.25) is 4.79 Å². The summed E-state index contributed by atoms with van der Waals surface area (Å²) in [7, 11) is 1.88. The first-order chi connectivity index (χ1) is 10.2. The molecule has 0 aromatic carbocycles. The number of carbonyl (C=O) groups is 1. The summed E-state index contributed by atoms with van der Waals surface area (Å²) in [6, 6.07) is 0. The molecule has 1 amide bonds. The highest BCUT2D eigenvalue weighted by Gasteiger charge is 2.24. The highest BCUT2D eigenvalue weighted by Crippen LogP contribution is 2.43. The molecule has 2 aliphatic heterocycles. The summed E-state index contributed by atoms with van der Waals surface area (Å²) in [5.41, 5.74) is 1.25. The van der Waals surface area contributed by atoms with Gasteiger partial charge in [0.25, 0.3) is 0 Å². The van der Waals surface area contributed by atoms with Crippen LogP contribution in [-0.4, -0.2) is 31.8 Å². The lowest BCUT2D eigenvalue weighted by Gasteiger charge is -2.17. The second-order valence-corrected chi connectivity index (χ2v) is 7.64. The highest BCUT2D eigenvalue weighted by molar-refractivity contribution is 7.99. The number of rotatable bonds is 0. The first kappa shape index (κ1) is 15.0. The minimum absolute atomic E-state index is 0.209. The van der Waals surface area contributed by atoms with Gasteiger partial charge in [-0.05, 0) is 38.4 Å². The highest BCUT2D eigenvalue weighted by atomic mass is 32.2. The van der Waals surface area contributed by atoms with Crippen LogP contribution in [0.25, 0.3) is 0 Å². The van der Waals surface area contributed by atoms with E-state index in [-0.39, 0.29) is 5.91 Å². The number of thioether (sulfide) groups is 1. The van der Waals surface area contributed by atoms with Gasteiger partial charge in [0.1, 0.15) is 5.00 Å². The van der Waals surface area contributed by atoms with Crippen LogP contribution in [0, 0.1) is 24.7 Å². The quantitative estimate of drug-likeness (QED) is 0.746. The molecule has 3 rings (SSSR count). The van der Waals surface area contributed by atoms with E-state index in [2.05, 4.69) is 24.1 Å². The maximum atomic E-state index is 12.0. The number of hydrogen-bond acceptors (Lipinski definition) is 4. The van der Waals surface area contributed by atoms with Gasteiger partial charge in [0.2, 0.25) is 5.91 Å². The van der Waals surface area contributed by atoms with Crippen LogP contribution < -0.4 is 10.2 Å². The molecule has 1 fully saturated rings. The molecule has 0 bridgehead atoms. The van der Waals surface area contributed by atoms with Gasteiger partial charge in [-0.2, -0.15) is 0 Å². The molecule has 0 spiro atoms. The Kier molecular flexibility index (Phi) is 4.58. The Morgan fingerprint density at radius 3 is 2.86 bits per heavy atom. The molecule has 0 radical (unpaired) electrons. The predicted octanol–water partition coefficient (Wildman–Crippen LogP) is 2.87. The van der Waals surface area contributed by atoms with E-state index in [0.717, 1.165) is 41.6 Å². The predicted molar refractivity (Wildman–Crippen MR) is 90.3 cm³/mol. The van der Waals surface area contributed by atoms with Crippen molar-refractivity contribution in [2.45, 2.75) is 31.1 Å². The zero-order valence-electron chi connectivity index (χ0n) is 12.5. The van der Waals surface area contributed by atoms with Crippen molar-refractivity contribution in [1.82, 2.24) is 5.32 Å². The standard InChI is InChI=1S/C16H20N2OS2/c1-11-13(4-3-12-5-8-17-9-6-12)21-16-15(11)20-10-7-14(19)18(16)2/h12,17H,5-10H2,1-2H3. The molecular weight excluding hydrogens is 300 g/mol. The Morgan fingerprint density at radius 1 is 1.33 bits per heavy atom. The second-order valence-electron chi connectivity index (χ2n) is 5.54. The van der Waals surface area contributed by atoms with Crippen molar-refractivity contribution in [2.75, 3.05) is 30.8 Å². The number of carbonyl (C=O) groups excluding carboxylic acids is 1. The minimum Gasteiger partial charge on any atom is -0.317 e. The van der Waals surface area contributed by atoms with E-state index in [1.54, 1.807) is 23.1 Å². The average Bonchev–Trinajstić information content (AvgIpc) is 2.74. The van der Waals surface area contributed by atoms with E-state index < -0.39 is 0 Å². The molecule has 3 heterocycles. The summed E-state index contributed by atoms with van der Waals surface area (Å²) >= 11 is 3.47. The number of thiophene rings is 1. The van der Waals surface area contributed by atoms with Gasteiger partial charge in [0.15, 0.2) is 0 Å². The Morgan fingerprint density at radius 2 is 2.10 bits per heavy atom. The number of hydrogen-bond donors (Lipinski definition) is 1. The first-order valence-corrected chi connectivity index (χ1v) is 9.22. The summed E-state index contributed by atoms with van der Waals surface area (Å²) in [5, 5.41) is 4.45. The van der Waals surface area contributed by atoms with Crippen molar-refractivity contribution in [2.24, 2.45) is 5.92 Å². The molecule has 0 saturated carbocycles. The lowest BCUT2D eigenvalue weighted by Crippen LogP contribution is -2.26. The topological polar surface area (TPSA) is 32.3 Å². The molecule has 1 saturated heterocycles. The molecule has 112 valence electrons. The van der Waals surface area contributed by atoms with Crippen LogP contribution in [0.15, 0.2) is 4.90 Å². The Hall–Kier alpha value is -0.960. The third kappa shape index (κ3) is 3.13. The van der Waals surface area contributed by atoms with Gasteiger partial charge in [-0.15, -0.1) is 23.1 Å². The van der Waals surface area contributed by atoms with Crippen molar-refractivity contribution in [3.63, 3.8) is 0 Å². The molecular formula is C16H20N2OS2. The Balaban J connectivity index is 1.87. The van der Waals surface area contributed by atoms with Crippen LogP contribution in [0.1, 0.15) is 29.7 Å². The number of nitrogens with one attached hydrogen (secondary N) is 1. The van der Waals surface area contributed by atoms with Crippen LogP contribution in [0.5, 0.6) is 0 Å². The van der Waals surface area contributed by atoms with Crippen molar-refractivity contribution in [1.29, 1.82) is 0 Å². The summed E-state index contributed by atoms with van der Waals surface area (Å²) in [4.78, 5) is 16.2. The SMILES string of the molecule is Cc1c(C#CC2CCNCC2)sc2c1SCCC(=O)N2C. The second kappa shape index (κ2) is 6.43. The number of amides is 1. The summed E-state index contributed by atoms with van der Waals surface area (Å²) in [6.45, 7) is 4.29. The Labute approximate surface area is 134 Å². The number of piperidine rings is 1. The molecule has 3 nitrogen and oxygen atoms in total. The van der Waals surface area contributed by atoms with E-state index in [1.807, 2.05) is 11.9 Å². The lowest BCUT2D eigenvalue weighted by molar-refractivity contribution is -0.117. The summed E-state index contributed by atoms with van der Waals surface area (Å²) < 4.78 is 0. The van der Waals surface area contributed by atoms with E-state index in [0.29, 0.717) is 12.3 Å². The summed E-state index contributed by atoms with van der Waals surface area (Å²) in [6.07, 6.45) is 2.91. The van der Waals surface area contributed by atoms with Gasteiger partial charge in [-0.1, -0.05) is 11.8 Å². The van der Waals surface area contributed by atoms with E-state index in [1.165, 1.54) is 10.5 Å². The maximum Gasteiger partial charge on any atom is 0.228 e. The zero-order valence-corrected chi connectivity index (χ0v) is 14.1. The maximum absolute atomic E-state index is 12.0. The fourth-order valence-electron chi connectivity index (χ4n) is 2.65. The smallest absolute Gasteiger partial charge is 0.228 e. The lowest BCUT2D eigenvalue weighted by atomic mass is 9.99. The monoisotopic (exact) mass is 320 g/mol. The molecule has 21 heavy (non-hydrogen) atoms. The molecule has 1 aromatic heterocycles. The molecule has 1 N–H and O–H groups in total. The van der Waals surface area contributed by atoms with Crippen molar-refractivity contribution in [3.05, 3.63) is 10.4 Å². The molecule has 1 aromatic rings. The van der Waals surface area contributed by atoms with Gasteiger partial charge in [-0.25, -0.2) is 0 Å². The Bertz CT molecular complexity index is 606. The average molecular weight is 320 g/mol. The third-order valence-corrected chi connectivity index (χ3v) is 6.65. The molecule has 0 atom stereocenters. The van der Waals surface area contributed by atoms with E-state index in [4.69, 9.17) is 0 Å². The van der Waals surface area contributed by atoms with Crippen LogP contribution in [-0.2, 0) is 4.79 Å². The normalized spacial score (nSPS) is 19.7. The van der Waals surface area contributed by atoms with Gasteiger partial charge < -0.3 is 10.2 Å². The van der Waals surface area contributed by atoms with Crippen LogP contribution in [0.2, 0.25) is 0 Å². The number of fused-ring (bicyclic) bond motifs is 1. The minimum atomic E-state index is 0.209. The van der Waals surface area contributed by atoms with E-state index >= 15 is 0 Å². The molecule has 2 aliphatic rings. The summed E-state index contributed by atoms with van der Waals surface area (Å²) in [5.74, 6) is 8.41. The fraction of sp³-hybridized carbons (Fsp3) is 0.562. The fourth-order valence-corrected chi connectivity index (χ4v) is 5.12. The van der Waals surface area contributed by atoms with Gasteiger partial charge >= 0.3 is 0 Å². The number of nitrogens with zero attached hydrogens (tertiary/aromatic N) is 1. The third-order valence-electron chi connectivity index (χ3n) is 4.04. The molecule has 0 unspecified atom stereocenters. The van der Waals surface area contributed by atoms with Crippen LogP contribution >= 0.6 is 23.1 Å². The van der Waals surface area contributed by atoms with Crippen molar-refractivity contribution in [3.8, 4) is 11.8 Å². The van der Waals surface area contributed by atoms with Gasteiger partial charge in [0.05, 0.1) is 4.88 Å². The van der Waals surface area contributed by atoms with Crippen molar-refractivity contribution < 1.29 is 4.79 Å². The number of anilines is 1. The molecule has 0 aliphatic carbocycles. The first-order valence-electron chi connectivity index (χ1n) is 7.42. The van der Waals surface area contributed by atoms with E-state index in [9.17, 15) is 4.79 Å². The van der Waals surface area contributed by atoms with Crippen LogP contribution in [0.3, 0.4) is 0 Å². The van der Waals surface area contributed by atoms with Crippen molar-refractivity contribution >= 4 is 34.0 Å².